The van der Waals surface area contributed by atoms with E-state index in [4.69, 9.17) is 4.42 Å². The normalized spacial score (nSPS) is 13.1. The van der Waals surface area contributed by atoms with Gasteiger partial charge in [0, 0.05) is 24.7 Å². The lowest BCUT2D eigenvalue weighted by Crippen LogP contribution is -2.30. The van der Waals surface area contributed by atoms with Gasteiger partial charge in [-0.05, 0) is 39.3 Å². The first kappa shape index (κ1) is 24.5. The van der Waals surface area contributed by atoms with Crippen LogP contribution in [-0.2, 0) is 15.8 Å². The number of aromatic nitrogens is 4. The van der Waals surface area contributed by atoms with Gasteiger partial charge < -0.3 is 4.42 Å². The maximum Gasteiger partial charge on any atom is 0.243 e. The number of thioether (sulfide) groups is 1. The quantitative estimate of drug-likeness (QED) is 0.386. The number of hydrogen-bond acceptors (Lipinski definition) is 7. The number of oxazole rings is 1. The molecule has 174 valence electrons. The van der Waals surface area contributed by atoms with E-state index in [0.717, 1.165) is 28.6 Å². The Balaban J connectivity index is 1.97. The van der Waals surface area contributed by atoms with Crippen LogP contribution in [0.5, 0.6) is 0 Å². The van der Waals surface area contributed by atoms with Gasteiger partial charge in [-0.2, -0.15) is 4.31 Å². The zero-order chi connectivity index (χ0) is 23.5. The molecule has 3 rings (SSSR count). The molecule has 0 aliphatic heterocycles. The van der Waals surface area contributed by atoms with Gasteiger partial charge in [0.05, 0.1) is 16.3 Å². The first-order valence-electron chi connectivity index (χ1n) is 10.8. The van der Waals surface area contributed by atoms with Gasteiger partial charge in [-0.25, -0.2) is 13.4 Å². The van der Waals surface area contributed by atoms with Crippen molar-refractivity contribution in [3.05, 3.63) is 41.6 Å². The van der Waals surface area contributed by atoms with Crippen molar-refractivity contribution in [1.82, 2.24) is 24.1 Å². The van der Waals surface area contributed by atoms with Gasteiger partial charge in [-0.1, -0.05) is 44.7 Å². The van der Waals surface area contributed by atoms with E-state index in [9.17, 15) is 8.42 Å². The molecule has 0 fully saturated rings. The third-order valence-corrected chi connectivity index (χ3v) is 8.50. The Kier molecular flexibility index (Phi) is 7.79. The summed E-state index contributed by atoms with van der Waals surface area (Å²) in [6, 6.07) is 7.08. The molecule has 0 bridgehead atoms. The minimum atomic E-state index is -3.56. The van der Waals surface area contributed by atoms with E-state index in [2.05, 4.69) is 33.6 Å². The number of aryl methyl sites for hydroxylation is 2. The molecule has 0 spiro atoms. The van der Waals surface area contributed by atoms with Crippen LogP contribution in [0.15, 0.2) is 38.7 Å². The summed E-state index contributed by atoms with van der Waals surface area (Å²) in [7, 11) is -3.56. The van der Waals surface area contributed by atoms with Crippen LogP contribution >= 0.6 is 11.8 Å². The van der Waals surface area contributed by atoms with Crippen LogP contribution in [0.3, 0.4) is 0 Å². The van der Waals surface area contributed by atoms with E-state index >= 15 is 0 Å². The number of nitrogens with zero attached hydrogens (tertiary/aromatic N) is 5. The molecule has 1 unspecified atom stereocenters. The molecule has 0 N–H and O–H groups in total. The predicted molar refractivity (Wildman–Crippen MR) is 126 cm³/mol. The monoisotopic (exact) mass is 477 g/mol. The van der Waals surface area contributed by atoms with E-state index in [1.54, 1.807) is 18.2 Å². The van der Waals surface area contributed by atoms with Gasteiger partial charge >= 0.3 is 0 Å². The lowest BCUT2D eigenvalue weighted by Gasteiger charge is -2.19. The van der Waals surface area contributed by atoms with Crippen molar-refractivity contribution in [2.24, 2.45) is 0 Å². The van der Waals surface area contributed by atoms with Crippen molar-refractivity contribution in [3.63, 3.8) is 0 Å². The fourth-order valence-corrected chi connectivity index (χ4v) is 5.77. The fourth-order valence-electron chi connectivity index (χ4n) is 3.39. The van der Waals surface area contributed by atoms with E-state index in [1.807, 2.05) is 33.8 Å². The molecule has 0 amide bonds. The molecular formula is C22H31N5O3S2. The Morgan fingerprint density at radius 3 is 2.47 bits per heavy atom. The third kappa shape index (κ3) is 4.92. The minimum absolute atomic E-state index is 0.138. The highest BCUT2D eigenvalue weighted by Crippen LogP contribution is 2.32. The van der Waals surface area contributed by atoms with Gasteiger partial charge in [0.2, 0.25) is 15.9 Å². The SMILES string of the molecule is CCC(C)n1c(SCc2nc(C)c(C)o2)nnc1-c1cccc(S(=O)(=O)N(CC)CC)c1. The molecule has 2 heterocycles. The van der Waals surface area contributed by atoms with Gasteiger partial charge in [-0.15, -0.1) is 10.2 Å². The van der Waals surface area contributed by atoms with Crippen molar-refractivity contribution in [2.75, 3.05) is 13.1 Å². The summed E-state index contributed by atoms with van der Waals surface area (Å²) < 4.78 is 35.2. The highest BCUT2D eigenvalue weighted by molar-refractivity contribution is 7.98. The lowest BCUT2D eigenvalue weighted by atomic mass is 10.2. The van der Waals surface area contributed by atoms with Crippen molar-refractivity contribution in [2.45, 2.75) is 69.8 Å². The van der Waals surface area contributed by atoms with Gasteiger partial charge in [-0.3, -0.25) is 4.57 Å². The van der Waals surface area contributed by atoms with Crippen LogP contribution in [0.4, 0.5) is 0 Å². The first-order chi connectivity index (χ1) is 15.2. The molecule has 1 atom stereocenters. The molecule has 0 aliphatic rings. The zero-order valence-corrected chi connectivity index (χ0v) is 21.1. The van der Waals surface area contributed by atoms with Crippen LogP contribution in [0, 0.1) is 13.8 Å². The van der Waals surface area contributed by atoms with Crippen LogP contribution < -0.4 is 0 Å². The largest absolute Gasteiger partial charge is 0.445 e. The highest BCUT2D eigenvalue weighted by atomic mass is 32.2. The van der Waals surface area contributed by atoms with Crippen molar-refractivity contribution in [1.29, 1.82) is 0 Å². The van der Waals surface area contributed by atoms with Gasteiger partial charge in [0.15, 0.2) is 11.0 Å². The second-order valence-electron chi connectivity index (χ2n) is 7.59. The van der Waals surface area contributed by atoms with Gasteiger partial charge in [0.25, 0.3) is 0 Å². The molecule has 8 nitrogen and oxygen atoms in total. The summed E-state index contributed by atoms with van der Waals surface area (Å²) in [5.41, 5.74) is 1.61. The summed E-state index contributed by atoms with van der Waals surface area (Å²) in [6.45, 7) is 12.5. The maximum absolute atomic E-state index is 13.0. The number of hydrogen-bond donors (Lipinski definition) is 0. The van der Waals surface area contributed by atoms with Crippen molar-refractivity contribution < 1.29 is 12.8 Å². The second kappa shape index (κ2) is 10.2. The Bertz CT molecular complexity index is 1150. The maximum atomic E-state index is 13.0. The number of benzene rings is 1. The van der Waals surface area contributed by atoms with E-state index in [1.165, 1.54) is 16.1 Å². The fraction of sp³-hybridized carbons (Fsp3) is 0.500. The van der Waals surface area contributed by atoms with Crippen molar-refractivity contribution in [3.8, 4) is 11.4 Å². The standard InChI is InChI=1S/C22H31N5O3S2/c1-7-15(4)27-21(24-25-22(27)31-14-20-23-16(5)17(6)30-20)18-11-10-12-19(13-18)32(28,29)26(8-2)9-3/h10-13,15H,7-9,14H2,1-6H3. The molecule has 3 aromatic rings. The Morgan fingerprint density at radius 2 is 1.88 bits per heavy atom. The molecule has 32 heavy (non-hydrogen) atoms. The number of rotatable bonds is 10. The first-order valence-corrected chi connectivity index (χ1v) is 13.3. The second-order valence-corrected chi connectivity index (χ2v) is 10.5. The lowest BCUT2D eigenvalue weighted by molar-refractivity contribution is 0.445. The van der Waals surface area contributed by atoms with Crippen LogP contribution in [0.2, 0.25) is 0 Å². The highest BCUT2D eigenvalue weighted by Gasteiger charge is 2.24. The Morgan fingerprint density at radius 1 is 1.16 bits per heavy atom. The molecule has 0 aliphatic carbocycles. The topological polar surface area (TPSA) is 94.1 Å². The summed E-state index contributed by atoms with van der Waals surface area (Å²) in [6.07, 6.45) is 0.882. The average Bonchev–Trinajstić information content (AvgIpc) is 3.35. The average molecular weight is 478 g/mol. The van der Waals surface area contributed by atoms with Crippen LogP contribution in [-0.4, -0.2) is 45.6 Å². The summed E-state index contributed by atoms with van der Waals surface area (Å²) in [5, 5.41) is 9.59. The Hall–Kier alpha value is -2.17. The van der Waals surface area contributed by atoms with Crippen LogP contribution in [0.25, 0.3) is 11.4 Å². The molecule has 1 aromatic carbocycles. The minimum Gasteiger partial charge on any atom is -0.445 e. The predicted octanol–water partition coefficient (Wildman–Crippen LogP) is 4.84. The van der Waals surface area contributed by atoms with Gasteiger partial charge in [0.1, 0.15) is 5.76 Å². The van der Waals surface area contributed by atoms with Crippen molar-refractivity contribution >= 4 is 21.8 Å². The number of sulfonamides is 1. The summed E-state index contributed by atoms with van der Waals surface area (Å²) >= 11 is 1.51. The Labute approximate surface area is 194 Å². The molecule has 0 radical (unpaired) electrons. The zero-order valence-electron chi connectivity index (χ0n) is 19.5. The molecule has 0 saturated carbocycles. The van der Waals surface area contributed by atoms with E-state index in [0.29, 0.717) is 30.6 Å². The molecule has 0 saturated heterocycles. The molecule has 10 heteroatoms. The summed E-state index contributed by atoms with van der Waals surface area (Å²) in [4.78, 5) is 4.70. The smallest absolute Gasteiger partial charge is 0.243 e. The third-order valence-electron chi connectivity index (χ3n) is 5.53. The van der Waals surface area contributed by atoms with Crippen LogP contribution in [0.1, 0.15) is 57.5 Å². The summed E-state index contributed by atoms with van der Waals surface area (Å²) in [5.74, 6) is 2.66. The molecule has 2 aromatic heterocycles. The molecular weight excluding hydrogens is 446 g/mol. The van der Waals surface area contributed by atoms with E-state index < -0.39 is 10.0 Å². The van der Waals surface area contributed by atoms with E-state index in [-0.39, 0.29) is 10.9 Å².